The van der Waals surface area contributed by atoms with Gasteiger partial charge in [-0.2, -0.15) is 15.2 Å². The van der Waals surface area contributed by atoms with Crippen molar-refractivity contribution in [3.63, 3.8) is 0 Å². The Morgan fingerprint density at radius 3 is 2.76 bits per heavy atom. The summed E-state index contributed by atoms with van der Waals surface area (Å²) < 4.78 is 19.2. The van der Waals surface area contributed by atoms with Crippen LogP contribution in [0.3, 0.4) is 0 Å². The van der Waals surface area contributed by atoms with Crippen LogP contribution in [0.4, 0.5) is 10.4 Å². The van der Waals surface area contributed by atoms with Crippen molar-refractivity contribution in [2.45, 2.75) is 38.8 Å². The fourth-order valence-corrected chi connectivity index (χ4v) is 5.22. The van der Waals surface area contributed by atoms with Crippen molar-refractivity contribution < 1.29 is 13.6 Å². The van der Waals surface area contributed by atoms with Gasteiger partial charge in [0.15, 0.2) is 11.3 Å². The van der Waals surface area contributed by atoms with Gasteiger partial charge in [0, 0.05) is 24.3 Å². The van der Waals surface area contributed by atoms with Crippen molar-refractivity contribution in [3.8, 4) is 5.69 Å². The molecule has 0 radical (unpaired) electrons. The van der Waals surface area contributed by atoms with Gasteiger partial charge in [0.2, 0.25) is 0 Å². The van der Waals surface area contributed by atoms with Gasteiger partial charge in [-0.3, -0.25) is 4.79 Å². The molecule has 2 aliphatic heterocycles. The largest absolute Gasteiger partial charge is 0.423 e. The lowest BCUT2D eigenvalue weighted by molar-refractivity contribution is -0.0506. The van der Waals surface area contributed by atoms with E-state index in [1.807, 2.05) is 24.0 Å². The summed E-state index contributed by atoms with van der Waals surface area (Å²) >= 11 is 0. The van der Waals surface area contributed by atoms with Crippen molar-refractivity contribution in [2.24, 2.45) is 11.8 Å². The van der Waals surface area contributed by atoms with E-state index in [2.05, 4.69) is 32.4 Å². The predicted molar refractivity (Wildman–Crippen MR) is 122 cm³/mol. The Morgan fingerprint density at radius 2 is 1.97 bits per heavy atom. The number of benzene rings is 1. The first kappa shape index (κ1) is 20.8. The molecule has 2 bridgehead atoms. The van der Waals surface area contributed by atoms with Crippen molar-refractivity contribution in [2.75, 3.05) is 11.9 Å². The molecule has 9 nitrogen and oxygen atoms in total. The maximum absolute atomic E-state index is 13.9. The van der Waals surface area contributed by atoms with Crippen molar-refractivity contribution in [3.05, 3.63) is 59.9 Å². The lowest BCUT2D eigenvalue weighted by Gasteiger charge is -2.57. The Bertz CT molecular complexity index is 1360. The molecule has 2 unspecified atom stereocenters. The third-order valence-corrected chi connectivity index (χ3v) is 7.15. The first-order valence-corrected chi connectivity index (χ1v) is 11.4. The predicted octanol–water partition coefficient (Wildman–Crippen LogP) is 3.60. The highest BCUT2D eigenvalue weighted by Gasteiger charge is 2.51. The smallest absolute Gasteiger partial charge is 0.295 e. The number of oxazole rings is 1. The lowest BCUT2D eigenvalue weighted by Crippen LogP contribution is -2.64. The molecular formula is C24H24FN7O2. The molecule has 2 saturated heterocycles. The molecule has 1 aliphatic carbocycles. The quantitative estimate of drug-likeness (QED) is 0.484. The van der Waals surface area contributed by atoms with Crippen molar-refractivity contribution in [1.82, 2.24) is 29.9 Å². The Morgan fingerprint density at radius 1 is 1.18 bits per heavy atom. The third kappa shape index (κ3) is 3.41. The first-order chi connectivity index (χ1) is 16.5. The van der Waals surface area contributed by atoms with Gasteiger partial charge in [0.25, 0.3) is 11.9 Å². The van der Waals surface area contributed by atoms with E-state index >= 15 is 0 Å². The second-order valence-electron chi connectivity index (χ2n) is 9.18. The van der Waals surface area contributed by atoms with Crippen LogP contribution in [0.15, 0.2) is 47.1 Å². The monoisotopic (exact) mass is 461 g/mol. The van der Waals surface area contributed by atoms with E-state index in [1.54, 1.807) is 18.5 Å². The average molecular weight is 462 g/mol. The number of pyridine rings is 1. The Hall–Kier alpha value is -3.82. The Balaban J connectivity index is 1.30. The number of hydrogen-bond donors (Lipinski definition) is 1. The minimum Gasteiger partial charge on any atom is -0.423 e. The summed E-state index contributed by atoms with van der Waals surface area (Å²) in [5.41, 5.74) is 2.62. The zero-order valence-electron chi connectivity index (χ0n) is 18.8. The Labute approximate surface area is 195 Å². The summed E-state index contributed by atoms with van der Waals surface area (Å²) in [5.74, 6) is 0.370. The number of piperidine rings is 2. The van der Waals surface area contributed by atoms with Crippen LogP contribution in [0.5, 0.6) is 0 Å². The highest BCUT2D eigenvalue weighted by molar-refractivity contribution is 5.96. The second-order valence-corrected chi connectivity index (χ2v) is 9.18. The van der Waals surface area contributed by atoms with Crippen molar-refractivity contribution >= 4 is 23.0 Å². The van der Waals surface area contributed by atoms with E-state index in [-0.39, 0.29) is 23.8 Å². The fraction of sp³-hybridized carbons (Fsp3) is 0.375. The van der Waals surface area contributed by atoms with E-state index < -0.39 is 0 Å². The summed E-state index contributed by atoms with van der Waals surface area (Å²) in [5, 5.41) is 11.7. The molecule has 5 heterocycles. The van der Waals surface area contributed by atoms with Gasteiger partial charge in [-0.25, -0.2) is 9.37 Å². The van der Waals surface area contributed by atoms with E-state index in [0.717, 1.165) is 18.5 Å². The summed E-state index contributed by atoms with van der Waals surface area (Å²) in [6, 6.07) is 8.34. The van der Waals surface area contributed by atoms with Gasteiger partial charge in [-0.15, -0.1) is 4.80 Å². The van der Waals surface area contributed by atoms with Crippen LogP contribution in [0.1, 0.15) is 35.9 Å². The molecule has 3 aliphatic rings. The van der Waals surface area contributed by atoms with Crippen LogP contribution in [0.2, 0.25) is 0 Å². The standard InChI is InChI=1S/C24H24FN7O2/c1-13-3-6-19(32-27-7-8-28-32)22(29-13)23(33)31-17-9-15(10-17)14(2)20(31)12-26-24-30-18-5-4-16(25)11-21(18)34-24/h3-8,11,14-15,17,20H,9-10,12H2,1-2H3,(H,26,30). The molecule has 3 fully saturated rings. The molecule has 1 amide bonds. The molecule has 2 atom stereocenters. The minimum atomic E-state index is -0.374. The number of anilines is 1. The van der Waals surface area contributed by atoms with Gasteiger partial charge in [-0.1, -0.05) is 6.92 Å². The van der Waals surface area contributed by atoms with E-state index in [0.29, 0.717) is 46.9 Å². The topological polar surface area (TPSA) is 102 Å². The normalized spacial score (nSPS) is 23.7. The number of aromatic nitrogens is 5. The van der Waals surface area contributed by atoms with Gasteiger partial charge >= 0.3 is 0 Å². The first-order valence-electron chi connectivity index (χ1n) is 11.4. The number of fused-ring (bicyclic) bond motifs is 3. The molecular weight excluding hydrogens is 437 g/mol. The number of hydrogen-bond acceptors (Lipinski definition) is 7. The minimum absolute atomic E-state index is 0.0718. The summed E-state index contributed by atoms with van der Waals surface area (Å²) in [7, 11) is 0. The molecule has 3 aromatic heterocycles. The van der Waals surface area contributed by atoms with E-state index in [9.17, 15) is 9.18 Å². The molecule has 7 rings (SSSR count). The van der Waals surface area contributed by atoms with E-state index in [1.165, 1.54) is 16.9 Å². The van der Waals surface area contributed by atoms with Gasteiger partial charge in [-0.05, 0) is 55.9 Å². The molecule has 1 saturated carbocycles. The molecule has 1 aromatic carbocycles. The second kappa shape index (κ2) is 7.89. The van der Waals surface area contributed by atoms with Crippen LogP contribution in [-0.4, -0.2) is 54.4 Å². The highest BCUT2D eigenvalue weighted by Crippen LogP contribution is 2.47. The number of rotatable bonds is 5. The molecule has 1 N–H and O–H groups in total. The maximum Gasteiger partial charge on any atom is 0.295 e. The van der Waals surface area contributed by atoms with E-state index in [4.69, 9.17) is 4.42 Å². The van der Waals surface area contributed by atoms with Crippen LogP contribution >= 0.6 is 0 Å². The number of nitrogens with zero attached hydrogens (tertiary/aromatic N) is 6. The number of nitrogens with one attached hydrogen (secondary N) is 1. The molecule has 10 heteroatoms. The van der Waals surface area contributed by atoms with Crippen LogP contribution in [0.25, 0.3) is 16.8 Å². The Kier molecular flexibility index (Phi) is 4.82. The van der Waals surface area contributed by atoms with Crippen LogP contribution in [-0.2, 0) is 0 Å². The summed E-state index contributed by atoms with van der Waals surface area (Å²) in [4.78, 5) is 26.3. The summed E-state index contributed by atoms with van der Waals surface area (Å²) in [6.45, 7) is 4.52. The average Bonchev–Trinajstić information content (AvgIpc) is 3.46. The van der Waals surface area contributed by atoms with Crippen LogP contribution in [0, 0.1) is 24.6 Å². The number of amides is 1. The highest BCUT2D eigenvalue weighted by atomic mass is 19.1. The molecule has 4 aromatic rings. The maximum atomic E-state index is 13.9. The fourth-order valence-electron chi connectivity index (χ4n) is 5.22. The van der Waals surface area contributed by atoms with Gasteiger partial charge < -0.3 is 14.6 Å². The third-order valence-electron chi connectivity index (χ3n) is 7.15. The zero-order valence-corrected chi connectivity index (χ0v) is 18.8. The summed E-state index contributed by atoms with van der Waals surface area (Å²) in [6.07, 6.45) is 5.14. The number of halogens is 1. The zero-order chi connectivity index (χ0) is 23.4. The SMILES string of the molecule is Cc1ccc(-n2nccn2)c(C(=O)N2C3CC(C3)C(C)C2CNc2nc3ccc(F)cc3o2)n1. The number of carbonyl (C=O) groups excluding carboxylic acids is 1. The molecule has 34 heavy (non-hydrogen) atoms. The lowest BCUT2D eigenvalue weighted by atomic mass is 9.64. The molecule has 174 valence electrons. The van der Waals surface area contributed by atoms with Crippen molar-refractivity contribution in [1.29, 1.82) is 0 Å². The van der Waals surface area contributed by atoms with Gasteiger partial charge in [0.05, 0.1) is 18.4 Å². The van der Waals surface area contributed by atoms with Gasteiger partial charge in [0.1, 0.15) is 17.0 Å². The molecule has 0 spiro atoms. The number of carbonyl (C=O) groups is 1. The van der Waals surface area contributed by atoms with Crippen LogP contribution < -0.4 is 5.32 Å². The number of aryl methyl sites for hydroxylation is 1.